The highest BCUT2D eigenvalue weighted by Gasteiger charge is 2.25. The average Bonchev–Trinajstić information content (AvgIpc) is 2.32. The lowest BCUT2D eigenvalue weighted by atomic mass is 9.88. The molecule has 2 unspecified atom stereocenters. The Labute approximate surface area is 108 Å². The number of halogens is 1. The van der Waals surface area contributed by atoms with Crippen molar-refractivity contribution in [1.82, 2.24) is 0 Å². The molecule has 0 aromatic heterocycles. The molecule has 0 spiro atoms. The Morgan fingerprint density at radius 2 is 2.06 bits per heavy atom. The van der Waals surface area contributed by atoms with E-state index in [-0.39, 0.29) is 11.3 Å². The average molecular weight is 249 g/mol. The van der Waals surface area contributed by atoms with Crippen molar-refractivity contribution in [2.24, 2.45) is 11.8 Å². The first-order valence-electron chi connectivity index (χ1n) is 6.55. The number of hydrogen-bond acceptors (Lipinski definition) is 2. The number of ketones is 1. The standard InChI is InChI=1S/C15H20FNO/c1-10-7-8-17(9-11(10)2)14-6-4-5-13(16)15(14)12(3)18/h4-6,10-11H,7-9H2,1-3H3. The predicted molar refractivity (Wildman–Crippen MR) is 71.6 cm³/mol. The quantitative estimate of drug-likeness (QED) is 0.747. The second kappa shape index (κ2) is 5.09. The summed E-state index contributed by atoms with van der Waals surface area (Å²) in [5.74, 6) is 0.651. The van der Waals surface area contributed by atoms with E-state index in [1.807, 2.05) is 6.07 Å². The Kier molecular flexibility index (Phi) is 3.69. The van der Waals surface area contributed by atoms with Gasteiger partial charge in [-0.15, -0.1) is 0 Å². The van der Waals surface area contributed by atoms with Gasteiger partial charge in [-0.1, -0.05) is 19.9 Å². The van der Waals surface area contributed by atoms with Crippen molar-refractivity contribution < 1.29 is 9.18 Å². The van der Waals surface area contributed by atoms with Crippen molar-refractivity contribution in [2.75, 3.05) is 18.0 Å². The van der Waals surface area contributed by atoms with Gasteiger partial charge in [0.05, 0.1) is 11.3 Å². The van der Waals surface area contributed by atoms with Crippen LogP contribution >= 0.6 is 0 Å². The molecule has 3 heteroatoms. The summed E-state index contributed by atoms with van der Waals surface area (Å²) < 4.78 is 13.8. The summed E-state index contributed by atoms with van der Waals surface area (Å²) in [5, 5.41) is 0. The van der Waals surface area contributed by atoms with Crippen molar-refractivity contribution in [3.63, 3.8) is 0 Å². The number of nitrogens with zero attached hydrogens (tertiary/aromatic N) is 1. The first-order valence-corrected chi connectivity index (χ1v) is 6.55. The molecule has 1 aromatic rings. The van der Waals surface area contributed by atoms with Crippen LogP contribution in [-0.4, -0.2) is 18.9 Å². The van der Waals surface area contributed by atoms with E-state index in [9.17, 15) is 9.18 Å². The molecule has 1 saturated heterocycles. The summed E-state index contributed by atoms with van der Waals surface area (Å²) in [5.41, 5.74) is 0.987. The lowest BCUT2D eigenvalue weighted by Crippen LogP contribution is -2.39. The Morgan fingerprint density at radius 1 is 1.33 bits per heavy atom. The highest BCUT2D eigenvalue weighted by atomic mass is 19.1. The first-order chi connectivity index (χ1) is 8.50. The fourth-order valence-corrected chi connectivity index (χ4v) is 2.61. The summed E-state index contributed by atoms with van der Waals surface area (Å²) in [6.45, 7) is 7.68. The van der Waals surface area contributed by atoms with Crippen molar-refractivity contribution in [1.29, 1.82) is 0 Å². The van der Waals surface area contributed by atoms with E-state index in [2.05, 4.69) is 18.7 Å². The Bertz CT molecular complexity index is 458. The Balaban J connectivity index is 2.34. The Morgan fingerprint density at radius 3 is 2.67 bits per heavy atom. The molecule has 0 N–H and O–H groups in total. The maximum Gasteiger partial charge on any atom is 0.164 e. The molecule has 18 heavy (non-hydrogen) atoms. The lowest BCUT2D eigenvalue weighted by molar-refractivity contribution is 0.101. The van der Waals surface area contributed by atoms with Gasteiger partial charge in [0.1, 0.15) is 5.82 Å². The normalized spacial score (nSPS) is 24.1. The minimum Gasteiger partial charge on any atom is -0.371 e. The fraction of sp³-hybridized carbons (Fsp3) is 0.533. The largest absolute Gasteiger partial charge is 0.371 e. The molecule has 0 saturated carbocycles. The van der Waals surface area contributed by atoms with Gasteiger partial charge in [0, 0.05) is 13.1 Å². The zero-order valence-electron chi connectivity index (χ0n) is 11.2. The summed E-state index contributed by atoms with van der Waals surface area (Å²) in [4.78, 5) is 13.8. The third-order valence-electron chi connectivity index (χ3n) is 4.02. The number of benzene rings is 1. The molecule has 2 atom stereocenters. The van der Waals surface area contributed by atoms with E-state index < -0.39 is 5.82 Å². The number of piperidine rings is 1. The van der Waals surface area contributed by atoms with E-state index in [1.54, 1.807) is 6.07 Å². The topological polar surface area (TPSA) is 20.3 Å². The second-order valence-electron chi connectivity index (χ2n) is 5.38. The minimum atomic E-state index is -0.411. The summed E-state index contributed by atoms with van der Waals surface area (Å²) in [6.07, 6.45) is 1.09. The zero-order chi connectivity index (χ0) is 13.3. The maximum atomic E-state index is 13.8. The number of hydrogen-bond donors (Lipinski definition) is 0. The van der Waals surface area contributed by atoms with Crippen LogP contribution in [0, 0.1) is 17.7 Å². The van der Waals surface area contributed by atoms with E-state index in [0.717, 1.165) is 25.2 Å². The molecule has 2 rings (SSSR count). The molecular weight excluding hydrogens is 229 g/mol. The third-order valence-corrected chi connectivity index (χ3v) is 4.02. The van der Waals surface area contributed by atoms with Crippen LogP contribution in [0.15, 0.2) is 18.2 Å². The smallest absolute Gasteiger partial charge is 0.164 e. The van der Waals surface area contributed by atoms with Crippen molar-refractivity contribution in [2.45, 2.75) is 27.2 Å². The molecule has 1 aliphatic rings. The molecule has 0 radical (unpaired) electrons. The SMILES string of the molecule is CC(=O)c1c(F)cccc1N1CCC(C)C(C)C1. The number of carbonyl (C=O) groups is 1. The molecule has 1 aromatic carbocycles. The molecule has 1 aliphatic heterocycles. The highest BCUT2D eigenvalue weighted by Crippen LogP contribution is 2.30. The minimum absolute atomic E-state index is 0.200. The maximum absolute atomic E-state index is 13.8. The van der Waals surface area contributed by atoms with Gasteiger partial charge in [0.25, 0.3) is 0 Å². The molecule has 1 heterocycles. The molecular formula is C15H20FNO. The van der Waals surface area contributed by atoms with Crippen molar-refractivity contribution >= 4 is 11.5 Å². The summed E-state index contributed by atoms with van der Waals surface area (Å²) in [6, 6.07) is 4.89. The third kappa shape index (κ3) is 2.40. The van der Waals surface area contributed by atoms with Crippen LogP contribution in [0.2, 0.25) is 0 Å². The second-order valence-corrected chi connectivity index (χ2v) is 5.38. The number of rotatable bonds is 2. The number of anilines is 1. The number of Topliss-reactive ketones (excluding diaryl/α,β-unsaturated/α-hetero) is 1. The Hall–Kier alpha value is -1.38. The summed E-state index contributed by atoms with van der Waals surface area (Å²) >= 11 is 0. The fourth-order valence-electron chi connectivity index (χ4n) is 2.61. The van der Waals surface area contributed by atoms with Crippen molar-refractivity contribution in [3.05, 3.63) is 29.6 Å². The van der Waals surface area contributed by atoms with Gasteiger partial charge in [-0.05, 0) is 37.3 Å². The van der Waals surface area contributed by atoms with Gasteiger partial charge >= 0.3 is 0 Å². The van der Waals surface area contributed by atoms with E-state index in [0.29, 0.717) is 11.8 Å². The van der Waals surface area contributed by atoms with Crippen LogP contribution in [0.4, 0.5) is 10.1 Å². The highest BCUT2D eigenvalue weighted by molar-refractivity contribution is 6.00. The molecule has 2 nitrogen and oxygen atoms in total. The molecule has 0 aliphatic carbocycles. The monoisotopic (exact) mass is 249 g/mol. The van der Waals surface area contributed by atoms with Crippen LogP contribution in [0.5, 0.6) is 0 Å². The zero-order valence-corrected chi connectivity index (χ0v) is 11.2. The van der Waals surface area contributed by atoms with Crippen LogP contribution < -0.4 is 4.90 Å². The van der Waals surface area contributed by atoms with Crippen LogP contribution in [0.3, 0.4) is 0 Å². The van der Waals surface area contributed by atoms with Gasteiger partial charge in [-0.3, -0.25) is 4.79 Å². The van der Waals surface area contributed by atoms with Crippen LogP contribution in [0.1, 0.15) is 37.6 Å². The predicted octanol–water partition coefficient (Wildman–Crippen LogP) is 3.51. The lowest BCUT2D eigenvalue weighted by Gasteiger charge is -2.37. The van der Waals surface area contributed by atoms with Crippen LogP contribution in [0.25, 0.3) is 0 Å². The van der Waals surface area contributed by atoms with Gasteiger partial charge in [-0.25, -0.2) is 4.39 Å². The van der Waals surface area contributed by atoms with E-state index >= 15 is 0 Å². The molecule has 98 valence electrons. The van der Waals surface area contributed by atoms with Crippen LogP contribution in [-0.2, 0) is 0 Å². The van der Waals surface area contributed by atoms with E-state index in [4.69, 9.17) is 0 Å². The summed E-state index contributed by atoms with van der Waals surface area (Å²) in [7, 11) is 0. The van der Waals surface area contributed by atoms with Gasteiger partial charge in [0.2, 0.25) is 0 Å². The van der Waals surface area contributed by atoms with Gasteiger partial charge in [-0.2, -0.15) is 0 Å². The molecule has 0 amide bonds. The molecule has 0 bridgehead atoms. The first kappa shape index (κ1) is 13.1. The van der Waals surface area contributed by atoms with E-state index in [1.165, 1.54) is 13.0 Å². The number of carbonyl (C=O) groups excluding carboxylic acids is 1. The van der Waals surface area contributed by atoms with Gasteiger partial charge in [0.15, 0.2) is 5.78 Å². The molecule has 1 fully saturated rings. The van der Waals surface area contributed by atoms with Gasteiger partial charge < -0.3 is 4.90 Å². The van der Waals surface area contributed by atoms with Crippen molar-refractivity contribution in [3.8, 4) is 0 Å².